The van der Waals surface area contributed by atoms with E-state index in [4.69, 9.17) is 23.7 Å². The van der Waals surface area contributed by atoms with E-state index in [0.29, 0.717) is 29.9 Å². The Hall–Kier alpha value is -3.85. The van der Waals surface area contributed by atoms with Gasteiger partial charge in [-0.2, -0.15) is 0 Å². The molecule has 40 heavy (non-hydrogen) atoms. The number of hydrogen-bond acceptors (Lipinski definition) is 9. The fourth-order valence-corrected chi connectivity index (χ4v) is 7.24. The third-order valence-electron chi connectivity index (χ3n) is 8.91. The van der Waals surface area contributed by atoms with Crippen LogP contribution < -0.4 is 9.47 Å². The molecule has 3 aliphatic carbocycles. The SMILES string of the molecule is COc1ccc2c3c1O[C@H]1C(OC(=O)[C@@H](OC(=O)[C@H](C)OC(C)=O)c4ccccc4)=CC[C@@]4(O)[C@H](CCC[C@]314)C2. The number of carbonyl (C=O) groups excluding carboxylic acids is 3. The first-order valence-corrected chi connectivity index (χ1v) is 13.6. The average Bonchev–Trinajstić information content (AvgIpc) is 3.28. The van der Waals surface area contributed by atoms with E-state index in [1.54, 1.807) is 43.5 Å². The van der Waals surface area contributed by atoms with Gasteiger partial charge in [0, 0.05) is 18.1 Å². The number of hydrogen-bond donors (Lipinski definition) is 1. The predicted octanol–water partition coefficient (Wildman–Crippen LogP) is 3.85. The van der Waals surface area contributed by atoms with Crippen molar-refractivity contribution in [3.8, 4) is 11.5 Å². The van der Waals surface area contributed by atoms with Crippen molar-refractivity contribution in [3.05, 3.63) is 71.0 Å². The van der Waals surface area contributed by atoms with Crippen molar-refractivity contribution in [1.82, 2.24) is 0 Å². The lowest BCUT2D eigenvalue weighted by Gasteiger charge is -2.59. The standard InChI is InChI=1S/C31H32O9/c1-17(37-18(2)32)28(33)40-25(19-8-5-4-6-9-19)29(34)38-23-13-15-31(35)21-10-7-14-30(31)24-20(16-21)11-12-22(36-3)26(24)39-27(23)30/h4-6,8-9,11-13,17,21,25,27,35H,7,10,14-16H2,1-3H3/t17-,21+,25-,27-,30-,31+/m0/s1. The summed E-state index contributed by atoms with van der Waals surface area (Å²) in [6.45, 7) is 2.56. The van der Waals surface area contributed by atoms with E-state index in [1.807, 2.05) is 12.1 Å². The lowest BCUT2D eigenvalue weighted by atomic mass is 9.47. The molecule has 1 fully saturated rings. The summed E-state index contributed by atoms with van der Waals surface area (Å²) in [6, 6.07) is 12.4. The van der Waals surface area contributed by atoms with Crippen molar-refractivity contribution < 1.29 is 43.2 Å². The maximum Gasteiger partial charge on any atom is 0.357 e. The minimum absolute atomic E-state index is 0.0495. The van der Waals surface area contributed by atoms with Gasteiger partial charge in [-0.3, -0.25) is 4.79 Å². The quantitative estimate of drug-likeness (QED) is 0.407. The Morgan fingerprint density at radius 1 is 1.07 bits per heavy atom. The third kappa shape index (κ3) is 3.82. The Bertz CT molecular complexity index is 1400. The number of aliphatic hydroxyl groups is 1. The van der Waals surface area contributed by atoms with Crippen molar-refractivity contribution in [2.45, 2.75) is 75.3 Å². The van der Waals surface area contributed by atoms with Gasteiger partial charge in [0.05, 0.1) is 18.1 Å². The van der Waals surface area contributed by atoms with Gasteiger partial charge >= 0.3 is 17.9 Å². The van der Waals surface area contributed by atoms with Crippen LogP contribution in [0.3, 0.4) is 0 Å². The zero-order valence-corrected chi connectivity index (χ0v) is 22.7. The zero-order chi connectivity index (χ0) is 28.2. The maximum absolute atomic E-state index is 13.7. The van der Waals surface area contributed by atoms with Crippen LogP contribution in [0.25, 0.3) is 0 Å². The molecule has 0 unspecified atom stereocenters. The Kier molecular flexibility index (Phi) is 6.37. The topological polar surface area (TPSA) is 118 Å². The highest BCUT2D eigenvalue weighted by Crippen LogP contribution is 2.67. The largest absolute Gasteiger partial charge is 0.493 e. The summed E-state index contributed by atoms with van der Waals surface area (Å²) in [5.41, 5.74) is 0.618. The van der Waals surface area contributed by atoms with Crippen LogP contribution in [-0.4, -0.2) is 47.9 Å². The highest BCUT2D eigenvalue weighted by atomic mass is 16.6. The minimum atomic E-state index is -1.41. The second kappa shape index (κ2) is 9.66. The Morgan fingerprint density at radius 3 is 2.58 bits per heavy atom. The van der Waals surface area contributed by atoms with Gasteiger partial charge < -0.3 is 28.8 Å². The fraction of sp³-hybridized carbons (Fsp3) is 0.452. The molecule has 6 rings (SSSR count). The number of carbonyl (C=O) groups is 3. The molecule has 1 spiro atoms. The monoisotopic (exact) mass is 548 g/mol. The van der Waals surface area contributed by atoms with Crippen molar-refractivity contribution in [1.29, 1.82) is 0 Å². The molecule has 210 valence electrons. The third-order valence-corrected chi connectivity index (χ3v) is 8.91. The molecule has 9 nitrogen and oxygen atoms in total. The van der Waals surface area contributed by atoms with Gasteiger partial charge in [-0.15, -0.1) is 0 Å². The number of rotatable bonds is 7. The van der Waals surface area contributed by atoms with Gasteiger partial charge in [0.2, 0.25) is 6.10 Å². The molecular formula is C31H32O9. The van der Waals surface area contributed by atoms with Crippen molar-refractivity contribution in [2.75, 3.05) is 7.11 Å². The fourth-order valence-electron chi connectivity index (χ4n) is 7.24. The molecule has 1 saturated carbocycles. The first kappa shape index (κ1) is 26.4. The van der Waals surface area contributed by atoms with E-state index in [1.165, 1.54) is 13.8 Å². The summed E-state index contributed by atoms with van der Waals surface area (Å²) in [6.07, 6.45) is 1.88. The number of methoxy groups -OCH3 is 1. The second-order valence-corrected chi connectivity index (χ2v) is 11.0. The first-order valence-electron chi connectivity index (χ1n) is 13.6. The van der Waals surface area contributed by atoms with E-state index in [-0.39, 0.29) is 11.7 Å². The summed E-state index contributed by atoms with van der Waals surface area (Å²) >= 11 is 0. The lowest BCUT2D eigenvalue weighted by molar-refractivity contribution is -0.179. The highest BCUT2D eigenvalue weighted by Gasteiger charge is 2.71. The van der Waals surface area contributed by atoms with Crippen molar-refractivity contribution >= 4 is 17.9 Å². The predicted molar refractivity (Wildman–Crippen MR) is 140 cm³/mol. The van der Waals surface area contributed by atoms with Crippen LogP contribution in [0.5, 0.6) is 11.5 Å². The molecule has 0 amide bonds. The number of benzene rings is 2. The summed E-state index contributed by atoms with van der Waals surface area (Å²) in [7, 11) is 1.58. The lowest BCUT2D eigenvalue weighted by Crippen LogP contribution is -2.67. The van der Waals surface area contributed by atoms with Gasteiger partial charge in [0.1, 0.15) is 5.76 Å². The van der Waals surface area contributed by atoms with Gasteiger partial charge in [0.25, 0.3) is 0 Å². The smallest absolute Gasteiger partial charge is 0.357 e. The van der Waals surface area contributed by atoms with Crippen molar-refractivity contribution in [2.24, 2.45) is 5.92 Å². The Morgan fingerprint density at radius 2 is 1.85 bits per heavy atom. The minimum Gasteiger partial charge on any atom is -0.493 e. The molecule has 0 saturated heterocycles. The van der Waals surface area contributed by atoms with Gasteiger partial charge in [-0.1, -0.05) is 42.8 Å². The molecule has 6 atom stereocenters. The van der Waals surface area contributed by atoms with Crippen LogP contribution in [0.4, 0.5) is 0 Å². The molecule has 2 aromatic rings. The summed E-state index contributed by atoms with van der Waals surface area (Å²) in [5, 5.41) is 12.2. The van der Waals surface area contributed by atoms with Crippen LogP contribution in [-0.2, 0) is 40.4 Å². The van der Waals surface area contributed by atoms with Crippen LogP contribution in [0.1, 0.15) is 62.3 Å². The summed E-state index contributed by atoms with van der Waals surface area (Å²) in [4.78, 5) is 37.8. The molecule has 1 heterocycles. The second-order valence-electron chi connectivity index (χ2n) is 11.0. The van der Waals surface area contributed by atoms with Crippen LogP contribution in [0.15, 0.2) is 54.3 Å². The van der Waals surface area contributed by atoms with Gasteiger partial charge in [-0.25, -0.2) is 9.59 Å². The van der Waals surface area contributed by atoms with E-state index in [9.17, 15) is 19.5 Å². The maximum atomic E-state index is 13.7. The zero-order valence-electron chi connectivity index (χ0n) is 22.7. The first-order chi connectivity index (χ1) is 19.2. The molecule has 2 bridgehead atoms. The van der Waals surface area contributed by atoms with Gasteiger partial charge in [-0.05, 0) is 56.2 Å². The summed E-state index contributed by atoms with van der Waals surface area (Å²) in [5.74, 6) is -0.886. The Labute approximate surface area is 232 Å². The molecule has 0 aromatic heterocycles. The van der Waals surface area contributed by atoms with Crippen LogP contribution >= 0.6 is 0 Å². The van der Waals surface area contributed by atoms with Crippen molar-refractivity contribution in [3.63, 3.8) is 0 Å². The van der Waals surface area contributed by atoms with Gasteiger partial charge in [0.15, 0.2) is 23.7 Å². The molecule has 4 aliphatic rings. The normalized spacial score (nSPS) is 28.6. The molecule has 1 N–H and O–H groups in total. The molecular weight excluding hydrogens is 516 g/mol. The molecule has 2 aromatic carbocycles. The number of ether oxygens (including phenoxy) is 5. The van der Waals surface area contributed by atoms with Crippen LogP contribution in [0.2, 0.25) is 0 Å². The molecule has 0 radical (unpaired) electrons. The van der Waals surface area contributed by atoms with E-state index in [2.05, 4.69) is 0 Å². The van der Waals surface area contributed by atoms with Crippen LogP contribution in [0, 0.1) is 5.92 Å². The average molecular weight is 549 g/mol. The van der Waals surface area contributed by atoms with E-state index in [0.717, 1.165) is 30.4 Å². The van der Waals surface area contributed by atoms with E-state index < -0.39 is 47.2 Å². The Balaban J connectivity index is 1.35. The highest BCUT2D eigenvalue weighted by molar-refractivity contribution is 5.84. The number of esters is 3. The van der Waals surface area contributed by atoms with E-state index >= 15 is 0 Å². The molecule has 1 aliphatic heterocycles. The summed E-state index contributed by atoms with van der Waals surface area (Å²) < 4.78 is 28.6. The molecule has 9 heteroatoms.